The van der Waals surface area contributed by atoms with Gasteiger partial charge in [-0.3, -0.25) is 0 Å². The summed E-state index contributed by atoms with van der Waals surface area (Å²) in [6, 6.07) is 0.618. The Balaban J connectivity index is 2.25. The molecule has 1 aliphatic rings. The van der Waals surface area contributed by atoms with E-state index in [0.717, 1.165) is 6.29 Å². The molecule has 0 amide bonds. The van der Waals surface area contributed by atoms with E-state index < -0.39 is 0 Å². The molecule has 0 unspecified atom stereocenters. The van der Waals surface area contributed by atoms with Gasteiger partial charge in [-0.15, -0.1) is 0 Å². The van der Waals surface area contributed by atoms with Gasteiger partial charge in [0.15, 0.2) is 0 Å². The standard InChI is InChI=1S/C4H7NO/c1-3-4(2-6)5-3/h2-5H,1H3/t3-,4+/m0/s1. The number of rotatable bonds is 1. The third-order valence-electron chi connectivity index (χ3n) is 1.03. The lowest BCUT2D eigenvalue weighted by Crippen LogP contribution is -1.88. The second-order valence-electron chi connectivity index (χ2n) is 1.62. The number of nitrogens with one attached hydrogen (secondary N) is 1. The first-order valence-corrected chi connectivity index (χ1v) is 2.06. The molecule has 2 atom stereocenters. The number of hydrogen-bond donors (Lipinski definition) is 1. The fraction of sp³-hybridized carbons (Fsp3) is 0.750. The van der Waals surface area contributed by atoms with Crippen LogP contribution in [0.15, 0.2) is 0 Å². The second-order valence-corrected chi connectivity index (χ2v) is 1.62. The van der Waals surface area contributed by atoms with E-state index in [2.05, 4.69) is 5.32 Å². The van der Waals surface area contributed by atoms with Crippen molar-refractivity contribution in [2.45, 2.75) is 19.0 Å². The van der Waals surface area contributed by atoms with Crippen molar-refractivity contribution in [1.29, 1.82) is 0 Å². The van der Waals surface area contributed by atoms with E-state index in [1.165, 1.54) is 0 Å². The molecule has 2 heteroatoms. The summed E-state index contributed by atoms with van der Waals surface area (Å²) in [6.45, 7) is 1.99. The van der Waals surface area contributed by atoms with Crippen molar-refractivity contribution >= 4 is 6.29 Å². The smallest absolute Gasteiger partial charge is 0.138 e. The molecular formula is C4H7NO. The second kappa shape index (κ2) is 1.05. The van der Waals surface area contributed by atoms with E-state index in [9.17, 15) is 4.79 Å². The number of aldehydes is 1. The van der Waals surface area contributed by atoms with Gasteiger partial charge in [-0.05, 0) is 6.92 Å². The molecule has 1 N–H and O–H groups in total. The van der Waals surface area contributed by atoms with E-state index in [0.29, 0.717) is 6.04 Å². The molecule has 0 spiro atoms. The van der Waals surface area contributed by atoms with Gasteiger partial charge in [0.1, 0.15) is 6.29 Å². The fourth-order valence-electron chi connectivity index (χ4n) is 0.405. The summed E-state index contributed by atoms with van der Waals surface area (Å²) >= 11 is 0. The van der Waals surface area contributed by atoms with Crippen LogP contribution in [0.25, 0.3) is 0 Å². The topological polar surface area (TPSA) is 39.0 Å². The normalized spacial score (nSPS) is 42.2. The van der Waals surface area contributed by atoms with Gasteiger partial charge in [0.2, 0.25) is 0 Å². The number of hydrogen-bond acceptors (Lipinski definition) is 2. The molecule has 34 valence electrons. The van der Waals surface area contributed by atoms with E-state index in [4.69, 9.17) is 0 Å². The Labute approximate surface area is 36.5 Å². The number of carbonyl (C=O) groups excluding carboxylic acids is 1. The molecule has 1 rings (SSSR count). The third-order valence-corrected chi connectivity index (χ3v) is 1.03. The van der Waals surface area contributed by atoms with Gasteiger partial charge in [0.25, 0.3) is 0 Å². The highest BCUT2D eigenvalue weighted by atomic mass is 16.1. The fourth-order valence-corrected chi connectivity index (χ4v) is 0.405. The van der Waals surface area contributed by atoms with Crippen molar-refractivity contribution < 1.29 is 4.79 Å². The maximum atomic E-state index is 9.72. The Bertz CT molecular complexity index is 71.9. The predicted octanol–water partition coefficient (Wildman–Crippen LogP) is -0.454. The summed E-state index contributed by atoms with van der Waals surface area (Å²) in [5.41, 5.74) is 0. The maximum Gasteiger partial charge on any atom is 0.138 e. The van der Waals surface area contributed by atoms with Crippen LogP contribution >= 0.6 is 0 Å². The first-order valence-electron chi connectivity index (χ1n) is 2.06. The van der Waals surface area contributed by atoms with Crippen LogP contribution in [0, 0.1) is 0 Å². The molecular weight excluding hydrogens is 78.0 g/mol. The quantitative estimate of drug-likeness (QED) is 0.346. The summed E-state index contributed by atoms with van der Waals surface area (Å²) in [5.74, 6) is 0. The van der Waals surface area contributed by atoms with Crippen LogP contribution in [0.4, 0.5) is 0 Å². The lowest BCUT2D eigenvalue weighted by molar-refractivity contribution is -0.107. The minimum Gasteiger partial charge on any atom is -0.302 e. The van der Waals surface area contributed by atoms with Crippen LogP contribution < -0.4 is 5.32 Å². The summed E-state index contributed by atoms with van der Waals surface area (Å²) in [4.78, 5) is 9.72. The van der Waals surface area contributed by atoms with Crippen LogP contribution in [0.3, 0.4) is 0 Å². The van der Waals surface area contributed by atoms with Crippen LogP contribution in [0.1, 0.15) is 6.92 Å². The summed E-state index contributed by atoms with van der Waals surface area (Å²) < 4.78 is 0. The summed E-state index contributed by atoms with van der Waals surface area (Å²) in [5, 5.41) is 2.91. The average molecular weight is 85.1 g/mol. The lowest BCUT2D eigenvalue weighted by Gasteiger charge is -1.62. The molecule has 0 aromatic rings. The Hall–Kier alpha value is -0.370. The van der Waals surface area contributed by atoms with Gasteiger partial charge < -0.3 is 10.1 Å². The molecule has 2 nitrogen and oxygen atoms in total. The van der Waals surface area contributed by atoms with Gasteiger partial charge in [-0.2, -0.15) is 0 Å². The highest BCUT2D eigenvalue weighted by Crippen LogP contribution is 2.03. The minimum absolute atomic E-state index is 0.171. The van der Waals surface area contributed by atoms with E-state index in [-0.39, 0.29) is 6.04 Å². The van der Waals surface area contributed by atoms with Gasteiger partial charge in [-0.1, -0.05) is 0 Å². The Kier molecular flexibility index (Phi) is 0.665. The first kappa shape index (κ1) is 3.81. The highest BCUT2D eigenvalue weighted by molar-refractivity contribution is 5.63. The number of carbonyl (C=O) groups is 1. The Morgan fingerprint density at radius 1 is 1.83 bits per heavy atom. The van der Waals surface area contributed by atoms with Crippen molar-refractivity contribution in [3.05, 3.63) is 0 Å². The Morgan fingerprint density at radius 2 is 2.33 bits per heavy atom. The van der Waals surface area contributed by atoms with Gasteiger partial charge in [-0.25, -0.2) is 0 Å². The molecule has 1 aliphatic heterocycles. The molecule has 0 aliphatic carbocycles. The van der Waals surface area contributed by atoms with Crippen LogP contribution in [-0.4, -0.2) is 18.4 Å². The van der Waals surface area contributed by atoms with Gasteiger partial charge in [0.05, 0.1) is 6.04 Å². The zero-order valence-corrected chi connectivity index (χ0v) is 3.64. The van der Waals surface area contributed by atoms with Crippen LogP contribution in [0.5, 0.6) is 0 Å². The molecule has 6 heavy (non-hydrogen) atoms. The largest absolute Gasteiger partial charge is 0.302 e. The van der Waals surface area contributed by atoms with Crippen molar-refractivity contribution in [2.75, 3.05) is 0 Å². The minimum atomic E-state index is 0.171. The van der Waals surface area contributed by atoms with Crippen molar-refractivity contribution in [3.8, 4) is 0 Å². The lowest BCUT2D eigenvalue weighted by atomic mass is 10.4. The third kappa shape index (κ3) is 0.431. The van der Waals surface area contributed by atoms with Gasteiger partial charge in [0, 0.05) is 6.04 Å². The highest BCUT2D eigenvalue weighted by Gasteiger charge is 2.29. The van der Waals surface area contributed by atoms with Crippen LogP contribution in [-0.2, 0) is 4.79 Å². The molecule has 0 aromatic carbocycles. The molecule has 1 saturated heterocycles. The molecule has 0 saturated carbocycles. The van der Waals surface area contributed by atoms with Crippen LogP contribution in [0.2, 0.25) is 0 Å². The summed E-state index contributed by atoms with van der Waals surface area (Å²) in [6.07, 6.45) is 0.935. The maximum absolute atomic E-state index is 9.72. The van der Waals surface area contributed by atoms with E-state index in [1.807, 2.05) is 6.92 Å². The van der Waals surface area contributed by atoms with Crippen molar-refractivity contribution in [1.82, 2.24) is 5.32 Å². The van der Waals surface area contributed by atoms with Gasteiger partial charge >= 0.3 is 0 Å². The summed E-state index contributed by atoms with van der Waals surface area (Å²) in [7, 11) is 0. The predicted molar refractivity (Wildman–Crippen MR) is 22.4 cm³/mol. The van der Waals surface area contributed by atoms with E-state index >= 15 is 0 Å². The van der Waals surface area contributed by atoms with Crippen molar-refractivity contribution in [2.24, 2.45) is 0 Å². The molecule has 0 radical (unpaired) electrons. The average Bonchev–Trinajstić information content (AvgIpc) is 2.19. The molecule has 1 fully saturated rings. The first-order chi connectivity index (χ1) is 2.84. The molecule has 0 bridgehead atoms. The van der Waals surface area contributed by atoms with Crippen molar-refractivity contribution in [3.63, 3.8) is 0 Å². The SMILES string of the molecule is C[C@@H]1N[C@@H]1C=O. The molecule has 1 heterocycles. The zero-order valence-electron chi connectivity index (χ0n) is 3.64. The monoisotopic (exact) mass is 85.1 g/mol. The van der Waals surface area contributed by atoms with E-state index in [1.54, 1.807) is 0 Å². The Morgan fingerprint density at radius 3 is 2.33 bits per heavy atom. The zero-order chi connectivity index (χ0) is 4.57. The molecule has 0 aromatic heterocycles.